The van der Waals surface area contributed by atoms with Crippen molar-refractivity contribution in [1.82, 2.24) is 10.1 Å². The summed E-state index contributed by atoms with van der Waals surface area (Å²) in [6.45, 7) is 7.86. The predicted molar refractivity (Wildman–Crippen MR) is 115 cm³/mol. The number of benzene rings is 1. The number of pyridine rings is 1. The Morgan fingerprint density at radius 2 is 1.93 bits per heavy atom. The van der Waals surface area contributed by atoms with Gasteiger partial charge in [0.25, 0.3) is 11.6 Å². The Hall–Kier alpha value is -3.19. The number of fused-ring (bicyclic) bond motifs is 1. The predicted octanol–water partition coefficient (Wildman–Crippen LogP) is 5.45. The minimum Gasteiger partial charge on any atom is -0.495 e. The van der Waals surface area contributed by atoms with Crippen molar-refractivity contribution in [3.8, 4) is 17.0 Å². The first-order chi connectivity index (χ1) is 13.9. The number of methoxy groups -OCH3 is 1. The summed E-state index contributed by atoms with van der Waals surface area (Å²) in [5, 5.41) is 7.60. The van der Waals surface area contributed by atoms with E-state index < -0.39 is 0 Å². The highest BCUT2D eigenvalue weighted by Gasteiger charge is 2.21. The number of aromatic nitrogens is 2. The number of nitrogens with one attached hydrogen (secondary N) is 1. The number of carbonyl (C=O) groups is 1. The fraction of sp³-hybridized carbons (Fsp3) is 0.227. The van der Waals surface area contributed by atoms with Gasteiger partial charge in [0.1, 0.15) is 5.75 Å². The smallest absolute Gasteiger partial charge is 0.259 e. The molecule has 0 spiro atoms. The Balaban J connectivity index is 1.84. The van der Waals surface area contributed by atoms with Gasteiger partial charge in [-0.15, -0.1) is 11.3 Å². The molecule has 0 fully saturated rings. The molecule has 4 rings (SSSR count). The lowest BCUT2D eigenvalue weighted by Crippen LogP contribution is -2.14. The topological polar surface area (TPSA) is 77.2 Å². The van der Waals surface area contributed by atoms with E-state index in [1.54, 1.807) is 31.4 Å². The quantitative estimate of drug-likeness (QED) is 0.487. The van der Waals surface area contributed by atoms with Gasteiger partial charge in [-0.2, -0.15) is 0 Å². The normalized spacial score (nSPS) is 11.1. The number of thiophene rings is 1. The number of carbonyl (C=O) groups excluding carboxylic acids is 1. The maximum atomic E-state index is 13.3. The van der Waals surface area contributed by atoms with Gasteiger partial charge in [-0.05, 0) is 57.5 Å². The van der Waals surface area contributed by atoms with E-state index in [0.717, 1.165) is 16.0 Å². The van der Waals surface area contributed by atoms with Gasteiger partial charge in [0, 0.05) is 15.3 Å². The van der Waals surface area contributed by atoms with Crippen molar-refractivity contribution in [2.24, 2.45) is 0 Å². The van der Waals surface area contributed by atoms with E-state index >= 15 is 0 Å². The molecule has 3 heterocycles. The molecule has 0 unspecified atom stereocenters. The van der Waals surface area contributed by atoms with E-state index in [0.29, 0.717) is 39.5 Å². The summed E-state index contributed by atoms with van der Waals surface area (Å²) < 4.78 is 10.8. The van der Waals surface area contributed by atoms with Gasteiger partial charge in [-0.25, -0.2) is 4.98 Å². The monoisotopic (exact) mass is 407 g/mol. The second-order valence-electron chi connectivity index (χ2n) is 6.99. The molecule has 29 heavy (non-hydrogen) atoms. The molecule has 0 atom stereocenters. The third kappa shape index (κ3) is 3.49. The number of amides is 1. The minimum absolute atomic E-state index is 0.265. The fourth-order valence-electron chi connectivity index (χ4n) is 3.41. The number of nitrogens with zero attached hydrogens (tertiary/aromatic N) is 2. The van der Waals surface area contributed by atoms with Crippen molar-refractivity contribution in [3.05, 3.63) is 56.9 Å². The standard InChI is InChI=1S/C22H21N3O3S/c1-11-6-7-19(27-5)18(8-11)23-21(26)16-10-17(15-9-12(2)29-14(15)4)24-22-20(16)13(3)25-28-22/h6-10H,1-5H3,(H,23,26). The van der Waals surface area contributed by atoms with Crippen LogP contribution >= 0.6 is 11.3 Å². The number of ether oxygens (including phenoxy) is 1. The second kappa shape index (κ2) is 7.33. The lowest BCUT2D eigenvalue weighted by Gasteiger charge is -2.12. The van der Waals surface area contributed by atoms with Gasteiger partial charge in [0.2, 0.25) is 0 Å². The molecule has 7 heteroatoms. The Labute approximate surface area is 172 Å². The summed E-state index contributed by atoms with van der Waals surface area (Å²) >= 11 is 1.69. The molecule has 0 saturated heterocycles. The van der Waals surface area contributed by atoms with Crippen molar-refractivity contribution in [2.45, 2.75) is 27.7 Å². The van der Waals surface area contributed by atoms with Crippen molar-refractivity contribution in [1.29, 1.82) is 0 Å². The molecule has 1 aromatic carbocycles. The molecular weight excluding hydrogens is 386 g/mol. The van der Waals surface area contributed by atoms with Crippen molar-refractivity contribution in [2.75, 3.05) is 12.4 Å². The average Bonchev–Trinajstić information content (AvgIpc) is 3.22. The Kier molecular flexibility index (Phi) is 4.84. The SMILES string of the molecule is COc1ccc(C)cc1NC(=O)c1cc(-c2cc(C)sc2C)nc2onc(C)c12. The molecular formula is C22H21N3O3S. The molecule has 0 bridgehead atoms. The van der Waals surface area contributed by atoms with Gasteiger partial charge in [0.15, 0.2) is 0 Å². The molecule has 3 aromatic heterocycles. The summed E-state index contributed by atoms with van der Waals surface area (Å²) in [4.78, 5) is 20.2. The largest absolute Gasteiger partial charge is 0.495 e. The lowest BCUT2D eigenvalue weighted by molar-refractivity contribution is 0.102. The highest BCUT2D eigenvalue weighted by atomic mass is 32.1. The lowest BCUT2D eigenvalue weighted by atomic mass is 10.1. The zero-order valence-corrected chi connectivity index (χ0v) is 17.7. The highest BCUT2D eigenvalue weighted by molar-refractivity contribution is 7.12. The van der Waals surface area contributed by atoms with Crippen LogP contribution in [0.2, 0.25) is 0 Å². The van der Waals surface area contributed by atoms with Crippen molar-refractivity contribution in [3.63, 3.8) is 0 Å². The molecule has 0 aliphatic rings. The summed E-state index contributed by atoms with van der Waals surface area (Å²) in [7, 11) is 1.58. The van der Waals surface area contributed by atoms with Crippen LogP contribution in [0, 0.1) is 27.7 Å². The van der Waals surface area contributed by atoms with Gasteiger partial charge in [-0.1, -0.05) is 11.2 Å². The first-order valence-electron chi connectivity index (χ1n) is 9.17. The van der Waals surface area contributed by atoms with Crippen LogP contribution in [-0.2, 0) is 0 Å². The number of rotatable bonds is 4. The zero-order valence-electron chi connectivity index (χ0n) is 16.9. The van der Waals surface area contributed by atoms with E-state index in [1.807, 2.05) is 32.0 Å². The van der Waals surface area contributed by atoms with Crippen LogP contribution in [0.25, 0.3) is 22.4 Å². The fourth-order valence-corrected chi connectivity index (χ4v) is 4.34. The summed E-state index contributed by atoms with van der Waals surface area (Å²) in [6.07, 6.45) is 0. The molecule has 0 radical (unpaired) electrons. The maximum Gasteiger partial charge on any atom is 0.259 e. The van der Waals surface area contributed by atoms with Crippen LogP contribution in [-0.4, -0.2) is 23.2 Å². The molecule has 6 nitrogen and oxygen atoms in total. The summed E-state index contributed by atoms with van der Waals surface area (Å²) in [6, 6.07) is 9.52. The van der Waals surface area contributed by atoms with Crippen LogP contribution in [0.1, 0.15) is 31.4 Å². The first-order valence-corrected chi connectivity index (χ1v) is 9.99. The van der Waals surface area contributed by atoms with E-state index in [2.05, 4.69) is 28.4 Å². The van der Waals surface area contributed by atoms with Crippen LogP contribution in [0.3, 0.4) is 0 Å². The van der Waals surface area contributed by atoms with Crippen molar-refractivity contribution < 1.29 is 14.1 Å². The number of aryl methyl sites for hydroxylation is 4. The van der Waals surface area contributed by atoms with Crippen LogP contribution < -0.4 is 10.1 Å². The molecule has 0 aliphatic carbocycles. The first kappa shape index (κ1) is 19.1. The van der Waals surface area contributed by atoms with Gasteiger partial charge >= 0.3 is 0 Å². The molecule has 1 N–H and O–H groups in total. The van der Waals surface area contributed by atoms with E-state index in [9.17, 15) is 4.79 Å². The molecule has 0 aliphatic heterocycles. The second-order valence-corrected chi connectivity index (χ2v) is 8.45. The maximum absolute atomic E-state index is 13.3. The van der Waals surface area contributed by atoms with Gasteiger partial charge in [0.05, 0.1) is 35.1 Å². The zero-order chi connectivity index (χ0) is 20.7. The van der Waals surface area contributed by atoms with E-state index in [4.69, 9.17) is 9.26 Å². The molecule has 4 aromatic rings. The Bertz CT molecular complexity index is 1240. The highest BCUT2D eigenvalue weighted by Crippen LogP contribution is 2.33. The molecule has 0 saturated carbocycles. The third-order valence-corrected chi connectivity index (χ3v) is 5.75. The van der Waals surface area contributed by atoms with Crippen LogP contribution in [0.15, 0.2) is 34.9 Å². The van der Waals surface area contributed by atoms with E-state index in [1.165, 1.54) is 4.88 Å². The number of hydrogen-bond acceptors (Lipinski definition) is 6. The number of hydrogen-bond donors (Lipinski definition) is 1. The Morgan fingerprint density at radius 1 is 1.14 bits per heavy atom. The van der Waals surface area contributed by atoms with Crippen molar-refractivity contribution >= 4 is 34.0 Å². The third-order valence-electron chi connectivity index (χ3n) is 4.78. The Morgan fingerprint density at radius 3 is 2.62 bits per heavy atom. The van der Waals surface area contributed by atoms with Crippen LogP contribution in [0.4, 0.5) is 5.69 Å². The molecule has 148 valence electrons. The van der Waals surface area contributed by atoms with Crippen LogP contribution in [0.5, 0.6) is 5.75 Å². The summed E-state index contributed by atoms with van der Waals surface area (Å²) in [5.41, 5.74) is 4.76. The summed E-state index contributed by atoms with van der Waals surface area (Å²) in [5.74, 6) is 0.333. The average molecular weight is 407 g/mol. The van der Waals surface area contributed by atoms with Gasteiger partial charge < -0.3 is 14.6 Å². The molecule has 1 amide bonds. The van der Waals surface area contributed by atoms with Gasteiger partial charge in [-0.3, -0.25) is 4.79 Å². The minimum atomic E-state index is -0.265. The van der Waals surface area contributed by atoms with E-state index in [-0.39, 0.29) is 5.91 Å². The number of anilines is 1.